The lowest BCUT2D eigenvalue weighted by molar-refractivity contribution is 0.0690. The Labute approximate surface area is 85.2 Å². The number of carboxylic acids is 1. The van der Waals surface area contributed by atoms with Crippen LogP contribution < -0.4 is 0 Å². The molecule has 0 aromatic carbocycles. The first-order valence-electron chi connectivity index (χ1n) is 4.21. The number of aromatic carboxylic acids is 1. The van der Waals surface area contributed by atoms with E-state index in [0.29, 0.717) is 5.69 Å². The molecule has 0 aliphatic heterocycles. The van der Waals surface area contributed by atoms with Crippen LogP contribution in [-0.4, -0.2) is 30.8 Å². The van der Waals surface area contributed by atoms with Gasteiger partial charge in [-0.1, -0.05) is 0 Å². The number of rotatable bonds is 2. The molecule has 0 atom stereocenters. The third-order valence-electron chi connectivity index (χ3n) is 1.87. The number of aromatic nitrogens is 4. The minimum atomic E-state index is -1.08. The van der Waals surface area contributed by atoms with Gasteiger partial charge in [0.25, 0.3) is 0 Å². The third-order valence-corrected chi connectivity index (χ3v) is 1.87. The van der Waals surface area contributed by atoms with Crippen LogP contribution in [0.1, 0.15) is 10.5 Å². The van der Waals surface area contributed by atoms with E-state index in [0.717, 1.165) is 5.56 Å². The Balaban J connectivity index is 2.35. The van der Waals surface area contributed by atoms with Crippen LogP contribution in [0.3, 0.4) is 0 Å². The molecule has 15 heavy (non-hydrogen) atoms. The maximum absolute atomic E-state index is 10.5. The summed E-state index contributed by atoms with van der Waals surface area (Å²) in [6, 6.07) is 0. The van der Waals surface area contributed by atoms with Crippen molar-refractivity contribution in [3.05, 3.63) is 30.5 Å². The standard InChI is InChI=1S/C9H8N4O2/c1-13-5-6(2-12-13)7-3-11-8(4-10-7)9(14)15/h2-5H,1H3,(H,14,15). The van der Waals surface area contributed by atoms with Gasteiger partial charge in [-0.15, -0.1) is 0 Å². The smallest absolute Gasteiger partial charge is 0.356 e. The van der Waals surface area contributed by atoms with Crippen LogP contribution in [0.4, 0.5) is 0 Å². The molecule has 76 valence electrons. The molecule has 0 saturated heterocycles. The molecule has 2 rings (SSSR count). The van der Waals surface area contributed by atoms with Crippen LogP contribution >= 0.6 is 0 Å². The summed E-state index contributed by atoms with van der Waals surface area (Å²) < 4.78 is 1.64. The molecule has 0 aliphatic carbocycles. The summed E-state index contributed by atoms with van der Waals surface area (Å²) >= 11 is 0. The zero-order valence-electron chi connectivity index (χ0n) is 7.95. The van der Waals surface area contributed by atoms with E-state index in [1.165, 1.54) is 12.4 Å². The van der Waals surface area contributed by atoms with Crippen molar-refractivity contribution in [2.24, 2.45) is 7.05 Å². The van der Waals surface area contributed by atoms with Gasteiger partial charge in [-0.2, -0.15) is 5.10 Å². The summed E-state index contributed by atoms with van der Waals surface area (Å²) in [5.41, 5.74) is 1.35. The predicted octanol–water partition coefficient (Wildman–Crippen LogP) is 0.575. The zero-order chi connectivity index (χ0) is 10.8. The Morgan fingerprint density at radius 1 is 1.33 bits per heavy atom. The van der Waals surface area contributed by atoms with Crippen molar-refractivity contribution >= 4 is 5.97 Å². The molecular formula is C9H8N4O2. The first kappa shape index (κ1) is 9.32. The summed E-state index contributed by atoms with van der Waals surface area (Å²) in [7, 11) is 1.79. The van der Waals surface area contributed by atoms with Crippen molar-refractivity contribution in [2.75, 3.05) is 0 Å². The molecule has 0 spiro atoms. The number of aryl methyl sites for hydroxylation is 1. The highest BCUT2D eigenvalue weighted by atomic mass is 16.4. The van der Waals surface area contributed by atoms with Crippen molar-refractivity contribution in [3.63, 3.8) is 0 Å². The molecule has 2 heterocycles. The van der Waals surface area contributed by atoms with Gasteiger partial charge in [-0.3, -0.25) is 9.67 Å². The first-order chi connectivity index (χ1) is 7.16. The van der Waals surface area contributed by atoms with Crippen LogP contribution in [0.5, 0.6) is 0 Å². The fourth-order valence-corrected chi connectivity index (χ4v) is 1.14. The molecule has 6 nitrogen and oxygen atoms in total. The average molecular weight is 204 g/mol. The normalized spacial score (nSPS) is 10.2. The highest BCUT2D eigenvalue weighted by Crippen LogP contribution is 2.13. The quantitative estimate of drug-likeness (QED) is 0.773. The molecule has 0 bridgehead atoms. The lowest BCUT2D eigenvalue weighted by Gasteiger charge is -1.96. The summed E-state index contributed by atoms with van der Waals surface area (Å²) in [5.74, 6) is -1.08. The topological polar surface area (TPSA) is 80.9 Å². The van der Waals surface area contributed by atoms with Crippen LogP contribution in [-0.2, 0) is 7.05 Å². The fourth-order valence-electron chi connectivity index (χ4n) is 1.14. The maximum atomic E-state index is 10.5. The molecule has 1 N–H and O–H groups in total. The first-order valence-corrected chi connectivity index (χ1v) is 4.21. The minimum Gasteiger partial charge on any atom is -0.476 e. The van der Waals surface area contributed by atoms with Crippen molar-refractivity contribution in [3.8, 4) is 11.3 Å². The largest absolute Gasteiger partial charge is 0.476 e. The summed E-state index contributed by atoms with van der Waals surface area (Å²) in [5, 5.41) is 12.6. The van der Waals surface area contributed by atoms with E-state index in [-0.39, 0.29) is 5.69 Å². The highest BCUT2D eigenvalue weighted by Gasteiger charge is 2.06. The summed E-state index contributed by atoms with van der Waals surface area (Å²) in [6.07, 6.45) is 6.07. The summed E-state index contributed by atoms with van der Waals surface area (Å²) in [4.78, 5) is 18.3. The number of hydrogen-bond acceptors (Lipinski definition) is 4. The van der Waals surface area contributed by atoms with Gasteiger partial charge >= 0.3 is 5.97 Å². The monoisotopic (exact) mass is 204 g/mol. The summed E-state index contributed by atoms with van der Waals surface area (Å²) in [6.45, 7) is 0. The molecule has 0 radical (unpaired) electrons. The van der Waals surface area contributed by atoms with Crippen molar-refractivity contribution in [1.29, 1.82) is 0 Å². The van der Waals surface area contributed by atoms with E-state index >= 15 is 0 Å². The second-order valence-corrected chi connectivity index (χ2v) is 2.99. The molecule has 0 saturated carbocycles. The van der Waals surface area contributed by atoms with E-state index in [9.17, 15) is 4.79 Å². The van der Waals surface area contributed by atoms with Crippen molar-refractivity contribution in [2.45, 2.75) is 0 Å². The van der Waals surface area contributed by atoms with Gasteiger partial charge in [-0.05, 0) is 0 Å². The SMILES string of the molecule is Cn1cc(-c2cnc(C(=O)O)cn2)cn1. The van der Waals surface area contributed by atoms with Gasteiger partial charge in [0, 0.05) is 18.8 Å². The van der Waals surface area contributed by atoms with Gasteiger partial charge in [0.1, 0.15) is 0 Å². The number of hydrogen-bond donors (Lipinski definition) is 1. The third kappa shape index (κ3) is 1.83. The molecular weight excluding hydrogens is 196 g/mol. The van der Waals surface area contributed by atoms with Gasteiger partial charge < -0.3 is 5.11 Å². The highest BCUT2D eigenvalue weighted by molar-refractivity contribution is 5.85. The second-order valence-electron chi connectivity index (χ2n) is 2.99. The van der Waals surface area contributed by atoms with E-state index < -0.39 is 5.97 Å². The maximum Gasteiger partial charge on any atom is 0.356 e. The second kappa shape index (κ2) is 3.49. The Morgan fingerprint density at radius 3 is 2.60 bits per heavy atom. The van der Waals surface area contributed by atoms with Gasteiger partial charge in [0.2, 0.25) is 0 Å². The molecule has 2 aromatic heterocycles. The van der Waals surface area contributed by atoms with Crippen molar-refractivity contribution < 1.29 is 9.90 Å². The fraction of sp³-hybridized carbons (Fsp3) is 0.111. The van der Waals surface area contributed by atoms with Crippen LogP contribution in [0.15, 0.2) is 24.8 Å². The predicted molar refractivity (Wildman–Crippen MR) is 51.2 cm³/mol. The minimum absolute atomic E-state index is 0.0670. The van der Waals surface area contributed by atoms with Crippen LogP contribution in [0, 0.1) is 0 Å². The van der Waals surface area contributed by atoms with Crippen LogP contribution in [0.25, 0.3) is 11.3 Å². The van der Waals surface area contributed by atoms with Gasteiger partial charge in [0.05, 0.1) is 24.3 Å². The Hall–Kier alpha value is -2.24. The lowest BCUT2D eigenvalue weighted by Crippen LogP contribution is -2.00. The van der Waals surface area contributed by atoms with Gasteiger partial charge in [0.15, 0.2) is 5.69 Å². The van der Waals surface area contributed by atoms with E-state index in [2.05, 4.69) is 15.1 Å². The molecule has 0 amide bonds. The zero-order valence-corrected chi connectivity index (χ0v) is 7.95. The molecule has 0 unspecified atom stereocenters. The van der Waals surface area contributed by atoms with Crippen LogP contribution in [0.2, 0.25) is 0 Å². The molecule has 0 aliphatic rings. The van der Waals surface area contributed by atoms with E-state index in [4.69, 9.17) is 5.11 Å². The van der Waals surface area contributed by atoms with E-state index in [1.54, 1.807) is 24.1 Å². The molecule has 6 heteroatoms. The number of nitrogens with zero attached hydrogens (tertiary/aromatic N) is 4. The average Bonchev–Trinajstić information content (AvgIpc) is 2.65. The number of carboxylic acid groups (broad SMARTS) is 1. The van der Waals surface area contributed by atoms with Gasteiger partial charge in [-0.25, -0.2) is 9.78 Å². The number of carbonyl (C=O) groups is 1. The van der Waals surface area contributed by atoms with E-state index in [1.807, 2.05) is 0 Å². The van der Waals surface area contributed by atoms with Crippen molar-refractivity contribution in [1.82, 2.24) is 19.7 Å². The molecule has 2 aromatic rings. The Bertz CT molecular complexity index is 489. The molecule has 0 fully saturated rings. The Morgan fingerprint density at radius 2 is 2.13 bits per heavy atom. The Kier molecular flexibility index (Phi) is 2.17. The lowest BCUT2D eigenvalue weighted by atomic mass is 10.3.